The Labute approximate surface area is 171 Å². The van der Waals surface area contributed by atoms with Gasteiger partial charge in [-0.1, -0.05) is 18.2 Å². The standard InChI is InChI=1S/C20H31N3O6/c1-12(2)21-17(26)16(13-9-7-8-10-15(13)25)23(6)18(27)14(11-24)22-19(28)29-20(3,4)5/h7-10,12,14,16,24-25H,11H2,1-6H3,(H,21,26)(H,22,28). The maximum absolute atomic E-state index is 12.9. The molecule has 1 rings (SSSR count). The highest BCUT2D eigenvalue weighted by molar-refractivity contribution is 5.92. The Morgan fingerprint density at radius 1 is 1.14 bits per heavy atom. The Morgan fingerprint density at radius 2 is 1.72 bits per heavy atom. The van der Waals surface area contributed by atoms with Gasteiger partial charge in [0.15, 0.2) is 0 Å². The molecular formula is C20H31N3O6. The van der Waals surface area contributed by atoms with Gasteiger partial charge in [0.05, 0.1) is 6.61 Å². The van der Waals surface area contributed by atoms with E-state index in [-0.39, 0.29) is 17.4 Å². The predicted molar refractivity (Wildman–Crippen MR) is 107 cm³/mol. The maximum Gasteiger partial charge on any atom is 0.408 e. The van der Waals surface area contributed by atoms with Crippen molar-refractivity contribution >= 4 is 17.9 Å². The normalized spacial score (nSPS) is 13.4. The summed E-state index contributed by atoms with van der Waals surface area (Å²) < 4.78 is 5.11. The van der Waals surface area contributed by atoms with Crippen LogP contribution in [0.15, 0.2) is 24.3 Å². The molecule has 0 saturated heterocycles. The van der Waals surface area contributed by atoms with Gasteiger partial charge in [0.1, 0.15) is 23.4 Å². The average Bonchev–Trinajstić information content (AvgIpc) is 2.58. The zero-order valence-electron chi connectivity index (χ0n) is 17.7. The van der Waals surface area contributed by atoms with E-state index in [4.69, 9.17) is 4.74 Å². The second-order valence-corrected chi connectivity index (χ2v) is 7.96. The van der Waals surface area contributed by atoms with Gasteiger partial charge in [-0.3, -0.25) is 9.59 Å². The van der Waals surface area contributed by atoms with Crippen molar-refractivity contribution in [1.82, 2.24) is 15.5 Å². The van der Waals surface area contributed by atoms with Crippen molar-refractivity contribution < 1.29 is 29.3 Å². The van der Waals surface area contributed by atoms with Crippen LogP contribution in [0.1, 0.15) is 46.2 Å². The lowest BCUT2D eigenvalue weighted by atomic mass is 10.0. The first-order valence-corrected chi connectivity index (χ1v) is 9.32. The van der Waals surface area contributed by atoms with Crippen LogP contribution in [0.5, 0.6) is 5.75 Å². The van der Waals surface area contributed by atoms with E-state index < -0.39 is 42.2 Å². The molecule has 3 amide bonds. The van der Waals surface area contributed by atoms with E-state index >= 15 is 0 Å². The summed E-state index contributed by atoms with van der Waals surface area (Å²) in [4.78, 5) is 38.8. The number of hydrogen-bond acceptors (Lipinski definition) is 6. The number of phenols is 1. The molecule has 2 unspecified atom stereocenters. The summed E-state index contributed by atoms with van der Waals surface area (Å²) in [6.45, 7) is 7.84. The number of para-hydroxylation sites is 1. The molecule has 1 aromatic rings. The monoisotopic (exact) mass is 409 g/mol. The molecular weight excluding hydrogens is 378 g/mol. The summed E-state index contributed by atoms with van der Waals surface area (Å²) >= 11 is 0. The molecule has 0 fully saturated rings. The first-order valence-electron chi connectivity index (χ1n) is 9.32. The molecule has 0 spiro atoms. The summed E-state index contributed by atoms with van der Waals surface area (Å²) in [6, 6.07) is 3.47. The molecule has 0 aliphatic carbocycles. The summed E-state index contributed by atoms with van der Waals surface area (Å²) in [5.74, 6) is -1.38. The van der Waals surface area contributed by atoms with Crippen molar-refractivity contribution in [2.45, 2.75) is 58.3 Å². The van der Waals surface area contributed by atoms with Crippen LogP contribution in [-0.2, 0) is 14.3 Å². The van der Waals surface area contributed by atoms with Crippen LogP contribution >= 0.6 is 0 Å². The summed E-state index contributed by atoms with van der Waals surface area (Å²) in [6.07, 6.45) is -0.871. The fraction of sp³-hybridized carbons (Fsp3) is 0.550. The largest absolute Gasteiger partial charge is 0.508 e. The Bertz CT molecular complexity index is 729. The highest BCUT2D eigenvalue weighted by Crippen LogP contribution is 2.28. The number of aliphatic hydroxyl groups excluding tert-OH is 1. The van der Waals surface area contributed by atoms with Gasteiger partial charge in [-0.2, -0.15) is 0 Å². The van der Waals surface area contributed by atoms with E-state index in [2.05, 4.69) is 10.6 Å². The number of likely N-dealkylation sites (N-methyl/N-ethyl adjacent to an activating group) is 1. The molecule has 4 N–H and O–H groups in total. The van der Waals surface area contributed by atoms with Crippen LogP contribution in [0.2, 0.25) is 0 Å². The molecule has 0 heterocycles. The number of phenolic OH excluding ortho intramolecular Hbond substituents is 1. The zero-order chi connectivity index (χ0) is 22.4. The zero-order valence-corrected chi connectivity index (χ0v) is 17.7. The molecule has 9 heteroatoms. The van der Waals surface area contributed by atoms with E-state index in [0.29, 0.717) is 0 Å². The smallest absolute Gasteiger partial charge is 0.408 e. The second kappa shape index (κ2) is 10.1. The molecule has 9 nitrogen and oxygen atoms in total. The van der Waals surface area contributed by atoms with Crippen LogP contribution < -0.4 is 10.6 Å². The van der Waals surface area contributed by atoms with Crippen molar-refractivity contribution in [3.63, 3.8) is 0 Å². The van der Waals surface area contributed by atoms with E-state index in [0.717, 1.165) is 4.90 Å². The SMILES string of the molecule is CC(C)NC(=O)C(c1ccccc1O)N(C)C(=O)C(CO)NC(=O)OC(C)(C)C. The number of alkyl carbamates (subject to hydrolysis) is 1. The molecule has 0 aromatic heterocycles. The van der Waals surface area contributed by atoms with Crippen molar-refractivity contribution in [1.29, 1.82) is 0 Å². The minimum atomic E-state index is -1.32. The van der Waals surface area contributed by atoms with Gasteiger partial charge in [-0.25, -0.2) is 4.79 Å². The van der Waals surface area contributed by atoms with Crippen molar-refractivity contribution in [2.24, 2.45) is 0 Å². The first kappa shape index (κ1) is 24.2. The van der Waals surface area contributed by atoms with Gasteiger partial charge in [-0.15, -0.1) is 0 Å². The lowest BCUT2D eigenvalue weighted by Gasteiger charge is -2.31. The summed E-state index contributed by atoms with van der Waals surface area (Å²) in [5, 5.41) is 24.8. The fourth-order valence-corrected chi connectivity index (χ4v) is 2.62. The highest BCUT2D eigenvalue weighted by atomic mass is 16.6. The molecule has 0 aliphatic rings. The molecule has 1 aromatic carbocycles. The number of rotatable bonds is 7. The van der Waals surface area contributed by atoms with Gasteiger partial charge in [0.25, 0.3) is 0 Å². The van der Waals surface area contributed by atoms with E-state index in [1.165, 1.54) is 19.2 Å². The molecule has 29 heavy (non-hydrogen) atoms. The number of ether oxygens (including phenoxy) is 1. The van der Waals surface area contributed by atoms with Crippen LogP contribution in [0, 0.1) is 0 Å². The lowest BCUT2D eigenvalue weighted by molar-refractivity contribution is -0.141. The third-order valence-electron chi connectivity index (χ3n) is 3.82. The van der Waals surface area contributed by atoms with Gasteiger partial charge < -0.3 is 30.5 Å². The summed E-state index contributed by atoms with van der Waals surface area (Å²) in [5.41, 5.74) is -0.565. The number of aliphatic hydroxyl groups is 1. The first-order chi connectivity index (χ1) is 13.4. The van der Waals surface area contributed by atoms with E-state index in [1.807, 2.05) is 0 Å². The van der Waals surface area contributed by atoms with Crippen molar-refractivity contribution in [3.8, 4) is 5.75 Å². The minimum absolute atomic E-state index is 0.156. The van der Waals surface area contributed by atoms with Crippen LogP contribution in [0.4, 0.5) is 4.79 Å². The Morgan fingerprint density at radius 3 is 2.21 bits per heavy atom. The van der Waals surface area contributed by atoms with Crippen molar-refractivity contribution in [3.05, 3.63) is 29.8 Å². The number of amides is 3. The second-order valence-electron chi connectivity index (χ2n) is 7.96. The quantitative estimate of drug-likeness (QED) is 0.537. The molecule has 0 saturated carbocycles. The predicted octanol–water partition coefficient (Wildman–Crippen LogP) is 1.30. The third-order valence-corrected chi connectivity index (χ3v) is 3.82. The van der Waals surface area contributed by atoms with Crippen LogP contribution in [0.25, 0.3) is 0 Å². The maximum atomic E-state index is 12.9. The van der Waals surface area contributed by atoms with Crippen molar-refractivity contribution in [2.75, 3.05) is 13.7 Å². The average molecular weight is 409 g/mol. The number of carbonyl (C=O) groups is 3. The molecule has 162 valence electrons. The molecule has 2 atom stereocenters. The van der Waals surface area contributed by atoms with Gasteiger partial charge >= 0.3 is 6.09 Å². The Balaban J connectivity index is 3.14. The summed E-state index contributed by atoms with van der Waals surface area (Å²) in [7, 11) is 1.36. The Kier molecular flexibility index (Phi) is 8.44. The molecule has 0 radical (unpaired) electrons. The number of hydrogen-bond donors (Lipinski definition) is 4. The number of nitrogens with zero attached hydrogens (tertiary/aromatic N) is 1. The van der Waals surface area contributed by atoms with Gasteiger partial charge in [0.2, 0.25) is 11.8 Å². The van der Waals surface area contributed by atoms with Gasteiger partial charge in [0, 0.05) is 18.7 Å². The van der Waals surface area contributed by atoms with Gasteiger partial charge in [-0.05, 0) is 40.7 Å². The number of benzene rings is 1. The fourth-order valence-electron chi connectivity index (χ4n) is 2.62. The number of nitrogens with one attached hydrogen (secondary N) is 2. The molecule has 0 aliphatic heterocycles. The number of carbonyl (C=O) groups excluding carboxylic acids is 3. The van der Waals surface area contributed by atoms with E-state index in [1.54, 1.807) is 46.8 Å². The minimum Gasteiger partial charge on any atom is -0.508 e. The topological polar surface area (TPSA) is 128 Å². The number of aromatic hydroxyl groups is 1. The van der Waals surface area contributed by atoms with E-state index in [9.17, 15) is 24.6 Å². The lowest BCUT2D eigenvalue weighted by Crippen LogP contribution is -2.53. The molecule has 0 bridgehead atoms. The van der Waals surface area contributed by atoms with Crippen LogP contribution in [0.3, 0.4) is 0 Å². The van der Waals surface area contributed by atoms with Crippen LogP contribution in [-0.4, -0.2) is 64.4 Å². The third kappa shape index (κ3) is 7.26. The Hall–Kier alpha value is -2.81. The highest BCUT2D eigenvalue weighted by Gasteiger charge is 2.35.